The number of carbonyl (C=O) groups is 2. The van der Waals surface area contributed by atoms with E-state index in [1.165, 1.54) is 12.1 Å². The molecule has 0 aliphatic carbocycles. The number of nitrogens with zero attached hydrogens (tertiary/aromatic N) is 1. The van der Waals surface area contributed by atoms with Crippen molar-refractivity contribution < 1.29 is 24.4 Å². The number of carboxylic acid groups (broad SMARTS) is 1. The molecule has 0 radical (unpaired) electrons. The van der Waals surface area contributed by atoms with Crippen LogP contribution in [-0.4, -0.2) is 35.6 Å². The van der Waals surface area contributed by atoms with E-state index in [1.54, 1.807) is 0 Å². The van der Waals surface area contributed by atoms with Crippen LogP contribution in [0.25, 0.3) is 0 Å². The summed E-state index contributed by atoms with van der Waals surface area (Å²) in [6, 6.07) is 3.66. The van der Waals surface area contributed by atoms with Gasteiger partial charge >= 0.3 is 11.9 Å². The summed E-state index contributed by atoms with van der Waals surface area (Å²) in [5, 5.41) is 20.0. The van der Waals surface area contributed by atoms with E-state index in [-0.39, 0.29) is 17.7 Å². The van der Waals surface area contributed by atoms with Crippen LogP contribution >= 0.6 is 0 Å². The van der Waals surface area contributed by atoms with Crippen LogP contribution in [0.2, 0.25) is 0 Å². The number of nitro benzene ring substituents is 1. The van der Waals surface area contributed by atoms with Crippen molar-refractivity contribution in [3.8, 4) is 0 Å². The molecule has 0 fully saturated rings. The first-order valence-corrected chi connectivity index (χ1v) is 5.22. The molecule has 0 aliphatic rings. The zero-order chi connectivity index (χ0) is 14.6. The maximum Gasteiger partial charge on any atom is 0.338 e. The van der Waals surface area contributed by atoms with Gasteiger partial charge in [0.1, 0.15) is 5.92 Å². The summed E-state index contributed by atoms with van der Waals surface area (Å²) >= 11 is 0. The van der Waals surface area contributed by atoms with Gasteiger partial charge in [-0.15, -0.1) is 0 Å². The Morgan fingerprint density at radius 2 is 2.16 bits per heavy atom. The number of carboxylic acids is 1. The quantitative estimate of drug-likeness (QED) is 0.451. The Labute approximate surface area is 107 Å². The number of carbonyl (C=O) groups excluding carboxylic acids is 1. The van der Waals surface area contributed by atoms with Crippen LogP contribution in [0.15, 0.2) is 18.2 Å². The summed E-state index contributed by atoms with van der Waals surface area (Å²) in [5.74, 6) is -3.55. The van der Waals surface area contributed by atoms with E-state index in [1.807, 2.05) is 0 Å². The minimum absolute atomic E-state index is 0.172. The number of benzene rings is 1. The minimum atomic E-state index is -1.35. The molecule has 1 aromatic rings. The van der Waals surface area contributed by atoms with E-state index < -0.39 is 28.5 Å². The van der Waals surface area contributed by atoms with Gasteiger partial charge in [0.2, 0.25) is 0 Å². The molecule has 0 aromatic heterocycles. The second-order valence-electron chi connectivity index (χ2n) is 3.61. The van der Waals surface area contributed by atoms with Crippen molar-refractivity contribution in [2.24, 2.45) is 5.73 Å². The Morgan fingerprint density at radius 3 is 2.58 bits per heavy atom. The lowest BCUT2D eigenvalue weighted by Gasteiger charge is -2.14. The van der Waals surface area contributed by atoms with Crippen LogP contribution < -0.4 is 5.73 Å². The van der Waals surface area contributed by atoms with Gasteiger partial charge in [-0.2, -0.15) is 0 Å². The average Bonchev–Trinajstić information content (AvgIpc) is 2.38. The monoisotopic (exact) mass is 268 g/mol. The molecular weight excluding hydrogens is 256 g/mol. The van der Waals surface area contributed by atoms with Crippen molar-refractivity contribution in [3.63, 3.8) is 0 Å². The molecule has 1 aromatic carbocycles. The third kappa shape index (κ3) is 2.86. The summed E-state index contributed by atoms with van der Waals surface area (Å²) < 4.78 is 4.49. The van der Waals surface area contributed by atoms with Crippen molar-refractivity contribution in [1.82, 2.24) is 0 Å². The Morgan fingerprint density at radius 1 is 1.53 bits per heavy atom. The fraction of sp³-hybridized carbons (Fsp3) is 0.273. The third-order valence-corrected chi connectivity index (χ3v) is 2.57. The second kappa shape index (κ2) is 5.91. The SMILES string of the molecule is COC(=O)c1cccc([N+](=O)[O-])c1C(CN)C(=O)O. The Bertz CT molecular complexity index is 528. The number of nitro groups is 1. The van der Waals surface area contributed by atoms with Gasteiger partial charge in [-0.25, -0.2) is 4.79 Å². The Kier molecular flexibility index (Phi) is 4.54. The summed E-state index contributed by atoms with van der Waals surface area (Å²) in [7, 11) is 1.10. The lowest BCUT2D eigenvalue weighted by atomic mass is 9.92. The van der Waals surface area contributed by atoms with Crippen LogP contribution in [0, 0.1) is 10.1 Å². The molecule has 3 N–H and O–H groups in total. The summed E-state index contributed by atoms with van der Waals surface area (Å²) in [5.41, 5.74) is 4.45. The predicted octanol–water partition coefficient (Wildman–Crippen LogP) is 0.508. The van der Waals surface area contributed by atoms with Gasteiger partial charge in [-0.1, -0.05) is 6.07 Å². The fourth-order valence-electron chi connectivity index (χ4n) is 1.71. The summed E-state index contributed by atoms with van der Waals surface area (Å²) in [4.78, 5) is 32.9. The van der Waals surface area contributed by atoms with E-state index in [2.05, 4.69) is 4.74 Å². The van der Waals surface area contributed by atoms with Crippen LogP contribution in [0.1, 0.15) is 21.8 Å². The predicted molar refractivity (Wildman–Crippen MR) is 63.9 cm³/mol. The van der Waals surface area contributed by atoms with Crippen molar-refractivity contribution in [3.05, 3.63) is 39.4 Å². The van der Waals surface area contributed by atoms with Crippen LogP contribution in [0.5, 0.6) is 0 Å². The number of hydrogen-bond donors (Lipinski definition) is 2. The number of aliphatic carboxylic acids is 1. The van der Waals surface area contributed by atoms with Crippen molar-refractivity contribution in [1.29, 1.82) is 0 Å². The van der Waals surface area contributed by atoms with E-state index in [0.29, 0.717) is 0 Å². The highest BCUT2D eigenvalue weighted by atomic mass is 16.6. The number of ether oxygens (including phenoxy) is 1. The van der Waals surface area contributed by atoms with Crippen molar-refractivity contribution >= 4 is 17.6 Å². The molecule has 8 heteroatoms. The number of esters is 1. The molecule has 1 rings (SSSR count). The second-order valence-corrected chi connectivity index (χ2v) is 3.61. The average molecular weight is 268 g/mol. The molecule has 8 nitrogen and oxygen atoms in total. The standard InChI is InChI=1S/C11H12N2O6/c1-19-11(16)6-3-2-4-8(13(17)18)9(6)7(5-12)10(14)15/h2-4,7H,5,12H2,1H3,(H,14,15). The van der Waals surface area contributed by atoms with E-state index in [0.717, 1.165) is 13.2 Å². The first-order valence-electron chi connectivity index (χ1n) is 5.22. The van der Waals surface area contributed by atoms with Gasteiger partial charge in [0, 0.05) is 12.6 Å². The number of methoxy groups -OCH3 is 1. The molecule has 0 saturated heterocycles. The molecule has 102 valence electrons. The molecule has 19 heavy (non-hydrogen) atoms. The number of rotatable bonds is 5. The zero-order valence-corrected chi connectivity index (χ0v) is 10.0. The largest absolute Gasteiger partial charge is 0.481 e. The van der Waals surface area contributed by atoms with Crippen molar-refractivity contribution in [2.75, 3.05) is 13.7 Å². The van der Waals surface area contributed by atoms with Gasteiger partial charge in [0.05, 0.1) is 23.2 Å². The van der Waals surface area contributed by atoms with Gasteiger partial charge in [0.15, 0.2) is 0 Å². The van der Waals surface area contributed by atoms with E-state index >= 15 is 0 Å². The molecule has 0 aliphatic heterocycles. The highest BCUT2D eigenvalue weighted by Gasteiger charge is 2.32. The zero-order valence-electron chi connectivity index (χ0n) is 10.0. The van der Waals surface area contributed by atoms with Crippen LogP contribution in [0.4, 0.5) is 5.69 Å². The minimum Gasteiger partial charge on any atom is -0.481 e. The number of nitrogens with two attached hydrogens (primary N) is 1. The summed E-state index contributed by atoms with van der Waals surface area (Å²) in [6.07, 6.45) is 0. The molecule has 0 spiro atoms. The van der Waals surface area contributed by atoms with Crippen molar-refractivity contribution in [2.45, 2.75) is 5.92 Å². The molecule has 0 saturated carbocycles. The van der Waals surface area contributed by atoms with Crippen LogP contribution in [-0.2, 0) is 9.53 Å². The van der Waals surface area contributed by atoms with Gasteiger partial charge in [-0.05, 0) is 6.07 Å². The van der Waals surface area contributed by atoms with Gasteiger partial charge in [-0.3, -0.25) is 14.9 Å². The highest BCUT2D eigenvalue weighted by Crippen LogP contribution is 2.30. The molecular formula is C11H12N2O6. The Hall–Kier alpha value is -2.48. The Balaban J connectivity index is 3.58. The maximum absolute atomic E-state index is 11.6. The molecule has 0 bridgehead atoms. The number of hydrogen-bond acceptors (Lipinski definition) is 6. The smallest absolute Gasteiger partial charge is 0.338 e. The van der Waals surface area contributed by atoms with Gasteiger partial charge in [0.25, 0.3) is 5.69 Å². The molecule has 0 amide bonds. The first-order chi connectivity index (χ1) is 8.93. The molecule has 0 heterocycles. The lowest BCUT2D eigenvalue weighted by molar-refractivity contribution is -0.385. The first kappa shape index (κ1) is 14.6. The van der Waals surface area contributed by atoms with E-state index in [4.69, 9.17) is 10.8 Å². The van der Waals surface area contributed by atoms with Gasteiger partial charge < -0.3 is 15.6 Å². The molecule has 1 atom stereocenters. The maximum atomic E-state index is 11.6. The summed E-state index contributed by atoms with van der Waals surface area (Å²) in [6.45, 7) is -0.371. The highest BCUT2D eigenvalue weighted by molar-refractivity contribution is 5.95. The fourth-order valence-corrected chi connectivity index (χ4v) is 1.71. The van der Waals surface area contributed by atoms with Crippen LogP contribution in [0.3, 0.4) is 0 Å². The topological polar surface area (TPSA) is 133 Å². The normalized spacial score (nSPS) is 11.7. The van der Waals surface area contributed by atoms with E-state index in [9.17, 15) is 19.7 Å². The lowest BCUT2D eigenvalue weighted by Crippen LogP contribution is -2.24. The third-order valence-electron chi connectivity index (χ3n) is 2.57. The molecule has 1 unspecified atom stereocenters.